The smallest absolute Gasteiger partial charge is 0.324 e. The zero-order chi connectivity index (χ0) is 21.1. The van der Waals surface area contributed by atoms with Crippen molar-refractivity contribution in [1.82, 2.24) is 18.5 Å². The molecule has 4 rings (SSSR count). The van der Waals surface area contributed by atoms with Gasteiger partial charge in [0.15, 0.2) is 0 Å². The van der Waals surface area contributed by atoms with E-state index in [2.05, 4.69) is 18.5 Å². The summed E-state index contributed by atoms with van der Waals surface area (Å²) in [7, 11) is -3.98. The molecule has 0 radical (unpaired) electrons. The van der Waals surface area contributed by atoms with Crippen LogP contribution in [0.2, 0.25) is 0 Å². The number of carbonyl (C=O) groups excluding carboxylic acids is 1. The fourth-order valence-electron chi connectivity index (χ4n) is 2.70. The van der Waals surface area contributed by atoms with Gasteiger partial charge in [-0.2, -0.15) is 13.5 Å². The van der Waals surface area contributed by atoms with Crippen molar-refractivity contribution >= 4 is 50.1 Å². The van der Waals surface area contributed by atoms with E-state index in [0.29, 0.717) is 11.2 Å². The molecule has 30 heavy (non-hydrogen) atoms. The summed E-state index contributed by atoms with van der Waals surface area (Å²) in [5.41, 5.74) is 2.33. The number of nitrogens with one attached hydrogen (secondary N) is 1. The summed E-state index contributed by atoms with van der Waals surface area (Å²) in [6.07, 6.45) is 0. The van der Waals surface area contributed by atoms with Crippen molar-refractivity contribution in [2.75, 3.05) is 0 Å². The van der Waals surface area contributed by atoms with Crippen LogP contribution in [0.4, 0.5) is 0 Å². The number of sulfonamides is 1. The number of ether oxygens (including phenoxy) is 1. The highest BCUT2D eigenvalue weighted by atomic mass is 32.2. The van der Waals surface area contributed by atoms with E-state index in [1.807, 2.05) is 30.3 Å². The maximum absolute atomic E-state index is 12.7. The number of benzene rings is 2. The van der Waals surface area contributed by atoms with Crippen molar-refractivity contribution in [2.24, 2.45) is 0 Å². The minimum atomic E-state index is -3.98. The van der Waals surface area contributed by atoms with Gasteiger partial charge in [-0.25, -0.2) is 13.4 Å². The number of esters is 1. The first-order valence-electron chi connectivity index (χ1n) is 8.84. The number of rotatable bonds is 7. The first-order chi connectivity index (χ1) is 14.4. The lowest BCUT2D eigenvalue weighted by atomic mass is 10.2. The molecule has 154 valence electrons. The molecule has 2 aromatic carbocycles. The Morgan fingerprint density at radius 1 is 1.13 bits per heavy atom. The Bertz CT molecular complexity index is 1290. The Kier molecular flexibility index (Phi) is 5.86. The number of thiazole rings is 1. The zero-order valence-electron chi connectivity index (χ0n) is 15.7. The zero-order valence-corrected chi connectivity index (χ0v) is 18.1. The number of fused-ring (bicyclic) bond motifs is 1. The predicted octanol–water partition coefficient (Wildman–Crippen LogP) is 3.23. The number of hydrogen-bond donors (Lipinski definition) is 1. The van der Waals surface area contributed by atoms with Crippen LogP contribution in [0, 0.1) is 0 Å². The average Bonchev–Trinajstić information content (AvgIpc) is 3.41. The van der Waals surface area contributed by atoms with Gasteiger partial charge in [-0.05, 0) is 19.1 Å². The second kappa shape index (κ2) is 8.56. The molecule has 0 fully saturated rings. The largest absolute Gasteiger partial charge is 0.458 e. The molecule has 11 heteroatoms. The molecule has 4 aromatic rings. The van der Waals surface area contributed by atoms with E-state index in [0.717, 1.165) is 22.3 Å². The molecular formula is C19H16N4O4S3. The molecule has 1 N–H and O–H groups in total. The summed E-state index contributed by atoms with van der Waals surface area (Å²) < 4.78 is 41.0. The van der Waals surface area contributed by atoms with E-state index in [-0.39, 0.29) is 17.0 Å². The molecule has 0 aliphatic heterocycles. The monoisotopic (exact) mass is 460 g/mol. The quantitative estimate of drug-likeness (QED) is 0.422. The minimum absolute atomic E-state index is 0.0274. The Labute approximate surface area is 180 Å². The molecule has 2 aromatic heterocycles. The second-order valence-corrected chi connectivity index (χ2v) is 9.42. The first-order valence-corrected chi connectivity index (χ1v) is 11.9. The Balaban J connectivity index is 1.39. The predicted molar refractivity (Wildman–Crippen MR) is 115 cm³/mol. The highest BCUT2D eigenvalue weighted by Crippen LogP contribution is 2.24. The van der Waals surface area contributed by atoms with E-state index in [1.165, 1.54) is 24.3 Å². The number of aromatic nitrogens is 3. The fraction of sp³-hybridized carbons (Fsp3) is 0.158. The third-order valence-electron chi connectivity index (χ3n) is 4.16. The molecule has 0 unspecified atom stereocenters. The van der Waals surface area contributed by atoms with Crippen LogP contribution < -0.4 is 4.72 Å². The molecule has 8 nitrogen and oxygen atoms in total. The van der Waals surface area contributed by atoms with Crippen LogP contribution in [0.5, 0.6) is 0 Å². The molecule has 0 amide bonds. The molecule has 0 saturated heterocycles. The summed E-state index contributed by atoms with van der Waals surface area (Å²) >= 11 is 2.37. The number of hydrogen-bond acceptors (Lipinski definition) is 9. The van der Waals surface area contributed by atoms with Crippen LogP contribution in [0.3, 0.4) is 0 Å². The van der Waals surface area contributed by atoms with E-state index >= 15 is 0 Å². The molecule has 0 bridgehead atoms. The second-order valence-electron chi connectivity index (χ2n) is 6.35. The number of carbonyl (C=O) groups is 1. The molecular weight excluding hydrogens is 444 g/mol. The van der Waals surface area contributed by atoms with Crippen molar-refractivity contribution in [3.63, 3.8) is 0 Å². The van der Waals surface area contributed by atoms with Crippen molar-refractivity contribution in [2.45, 2.75) is 24.5 Å². The van der Waals surface area contributed by atoms with Gasteiger partial charge in [0.1, 0.15) is 33.6 Å². The van der Waals surface area contributed by atoms with Crippen molar-refractivity contribution < 1.29 is 17.9 Å². The lowest BCUT2D eigenvalue weighted by Crippen LogP contribution is -2.39. The van der Waals surface area contributed by atoms with E-state index in [4.69, 9.17) is 4.74 Å². The van der Waals surface area contributed by atoms with Gasteiger partial charge < -0.3 is 4.74 Å². The van der Waals surface area contributed by atoms with Crippen LogP contribution >= 0.6 is 23.1 Å². The summed E-state index contributed by atoms with van der Waals surface area (Å²) in [4.78, 5) is 16.7. The van der Waals surface area contributed by atoms with E-state index in [9.17, 15) is 13.2 Å². The fourth-order valence-corrected chi connectivity index (χ4v) is 5.47. The van der Waals surface area contributed by atoms with Crippen molar-refractivity contribution in [3.8, 4) is 10.6 Å². The van der Waals surface area contributed by atoms with Gasteiger partial charge in [0, 0.05) is 10.9 Å². The SMILES string of the molecule is C[C@@H](NS(=O)(=O)c1cccc2nsnc12)C(=O)OCc1csc(-c2ccccc2)n1. The lowest BCUT2D eigenvalue weighted by molar-refractivity contribution is -0.146. The normalized spacial score (nSPS) is 12.7. The van der Waals surface area contributed by atoms with Gasteiger partial charge >= 0.3 is 5.97 Å². The van der Waals surface area contributed by atoms with Crippen LogP contribution in [0.1, 0.15) is 12.6 Å². The van der Waals surface area contributed by atoms with Crippen LogP contribution in [0.15, 0.2) is 58.8 Å². The maximum atomic E-state index is 12.7. The van der Waals surface area contributed by atoms with Gasteiger partial charge in [0.2, 0.25) is 10.0 Å². The molecule has 0 aliphatic carbocycles. The Morgan fingerprint density at radius 3 is 2.73 bits per heavy atom. The van der Waals surface area contributed by atoms with Crippen LogP contribution in [-0.2, 0) is 26.2 Å². The standard InChI is InChI=1S/C19H16N4O4S3/c1-12(23-30(25,26)16-9-5-8-15-17(16)22-29-21-15)19(24)27-10-14-11-28-18(20-14)13-6-3-2-4-7-13/h2-9,11-12,23H,10H2,1H3/t12-/m1/s1. The third-order valence-corrected chi connectivity index (χ3v) is 7.21. The molecule has 1 atom stereocenters. The molecule has 0 spiro atoms. The van der Waals surface area contributed by atoms with Gasteiger partial charge in [0.05, 0.1) is 17.4 Å². The highest BCUT2D eigenvalue weighted by molar-refractivity contribution is 7.89. The summed E-state index contributed by atoms with van der Waals surface area (Å²) in [6, 6.07) is 13.3. The highest BCUT2D eigenvalue weighted by Gasteiger charge is 2.26. The topological polar surface area (TPSA) is 111 Å². The Morgan fingerprint density at radius 2 is 1.93 bits per heavy atom. The molecule has 0 aliphatic rings. The van der Waals surface area contributed by atoms with Gasteiger partial charge in [-0.1, -0.05) is 36.4 Å². The molecule has 2 heterocycles. The van der Waals surface area contributed by atoms with E-state index in [1.54, 1.807) is 17.5 Å². The maximum Gasteiger partial charge on any atom is 0.324 e. The number of nitrogens with zero attached hydrogens (tertiary/aromatic N) is 3. The average molecular weight is 461 g/mol. The summed E-state index contributed by atoms with van der Waals surface area (Å²) in [5.74, 6) is -0.698. The van der Waals surface area contributed by atoms with Gasteiger partial charge in [-0.3, -0.25) is 4.79 Å². The van der Waals surface area contributed by atoms with Crippen LogP contribution in [0.25, 0.3) is 21.6 Å². The summed E-state index contributed by atoms with van der Waals surface area (Å²) in [5, 5.41) is 2.63. The van der Waals surface area contributed by atoms with E-state index < -0.39 is 22.0 Å². The van der Waals surface area contributed by atoms with Crippen molar-refractivity contribution in [3.05, 3.63) is 59.6 Å². The summed E-state index contributed by atoms with van der Waals surface area (Å²) in [6.45, 7) is 1.38. The molecule has 0 saturated carbocycles. The van der Waals surface area contributed by atoms with Crippen molar-refractivity contribution in [1.29, 1.82) is 0 Å². The third kappa shape index (κ3) is 4.38. The Hall–Kier alpha value is -2.73. The lowest BCUT2D eigenvalue weighted by Gasteiger charge is -2.13. The van der Waals surface area contributed by atoms with Gasteiger partial charge in [-0.15, -0.1) is 11.3 Å². The first kappa shape index (κ1) is 20.5. The van der Waals surface area contributed by atoms with Gasteiger partial charge in [0.25, 0.3) is 0 Å². The minimum Gasteiger partial charge on any atom is -0.458 e. The van der Waals surface area contributed by atoms with Crippen LogP contribution in [-0.4, -0.2) is 34.2 Å².